The minimum atomic E-state index is 0.479. The average molecular weight is 323 g/mol. The fraction of sp³-hybridized carbons (Fsp3) is 0.333. The summed E-state index contributed by atoms with van der Waals surface area (Å²) in [5.74, 6) is 0. The van der Waals surface area contributed by atoms with Crippen LogP contribution in [-0.2, 0) is 0 Å². The quantitative estimate of drug-likeness (QED) is 0.597. The Labute approximate surface area is 146 Å². The van der Waals surface area contributed by atoms with Crippen LogP contribution in [0.4, 0.5) is 0 Å². The highest BCUT2D eigenvalue weighted by atomic mass is 15.4. The predicted molar refractivity (Wildman–Crippen MR) is 103 cm³/mol. The van der Waals surface area contributed by atoms with Gasteiger partial charge in [0.05, 0.1) is 12.2 Å². The molecule has 0 aliphatic heterocycles. The summed E-state index contributed by atoms with van der Waals surface area (Å²) in [4.78, 5) is 0. The first-order valence-electron chi connectivity index (χ1n) is 8.68. The monoisotopic (exact) mass is 323 g/mol. The van der Waals surface area contributed by atoms with Gasteiger partial charge in [-0.1, -0.05) is 86.1 Å². The molecular formula is C21H29N3. The molecule has 1 heterocycles. The van der Waals surface area contributed by atoms with Gasteiger partial charge < -0.3 is 0 Å². The van der Waals surface area contributed by atoms with Gasteiger partial charge in [0, 0.05) is 6.20 Å². The van der Waals surface area contributed by atoms with Crippen LogP contribution in [0, 0.1) is 6.92 Å². The van der Waals surface area contributed by atoms with Crippen molar-refractivity contribution >= 4 is 0 Å². The largest absolute Gasteiger partial charge is 0.250 e. The molecule has 3 heteroatoms. The van der Waals surface area contributed by atoms with Crippen LogP contribution in [0.15, 0.2) is 67.0 Å². The minimum absolute atomic E-state index is 0.479. The molecule has 1 aromatic heterocycles. The van der Waals surface area contributed by atoms with Crippen molar-refractivity contribution in [3.8, 4) is 11.1 Å². The molecule has 0 bridgehead atoms. The molecule has 1 unspecified atom stereocenters. The lowest BCUT2D eigenvalue weighted by Crippen LogP contribution is -2.03. The van der Waals surface area contributed by atoms with Crippen molar-refractivity contribution in [1.29, 1.82) is 0 Å². The van der Waals surface area contributed by atoms with Crippen LogP contribution in [0.3, 0.4) is 0 Å². The number of nitrogens with zero attached hydrogens (tertiary/aromatic N) is 3. The van der Waals surface area contributed by atoms with Gasteiger partial charge in [0.2, 0.25) is 0 Å². The maximum atomic E-state index is 3.85. The highest BCUT2D eigenvalue weighted by Gasteiger charge is 1.98. The van der Waals surface area contributed by atoms with Gasteiger partial charge in [-0.05, 0) is 31.4 Å². The average Bonchev–Trinajstić information content (AvgIpc) is 3.19. The predicted octanol–water partition coefficient (Wildman–Crippen LogP) is 5.94. The number of hydrogen-bond donors (Lipinski definition) is 0. The topological polar surface area (TPSA) is 30.7 Å². The number of aryl methyl sites for hydroxylation is 1. The Morgan fingerprint density at radius 1 is 0.917 bits per heavy atom. The van der Waals surface area contributed by atoms with Gasteiger partial charge >= 0.3 is 0 Å². The Hall–Kier alpha value is -2.42. The first kappa shape index (κ1) is 19.6. The first-order valence-corrected chi connectivity index (χ1v) is 8.68. The van der Waals surface area contributed by atoms with E-state index < -0.39 is 0 Å². The molecule has 0 aliphatic carbocycles. The summed E-state index contributed by atoms with van der Waals surface area (Å²) >= 11 is 0. The second-order valence-electron chi connectivity index (χ2n) is 5.37. The van der Waals surface area contributed by atoms with E-state index in [2.05, 4.69) is 79.6 Å². The smallest absolute Gasteiger partial charge is 0.0693 e. The van der Waals surface area contributed by atoms with Gasteiger partial charge in [0.1, 0.15) is 0 Å². The molecule has 1 atom stereocenters. The van der Waals surface area contributed by atoms with E-state index in [0.717, 1.165) is 6.42 Å². The zero-order valence-corrected chi connectivity index (χ0v) is 15.5. The lowest BCUT2D eigenvalue weighted by molar-refractivity contribution is 0.464. The van der Waals surface area contributed by atoms with Crippen molar-refractivity contribution in [2.75, 3.05) is 0 Å². The molecule has 0 spiro atoms. The lowest BCUT2D eigenvalue weighted by atomic mass is 10.0. The van der Waals surface area contributed by atoms with Gasteiger partial charge in [-0.15, -0.1) is 5.10 Å². The Kier molecular flexibility index (Phi) is 9.13. The van der Waals surface area contributed by atoms with Crippen LogP contribution in [0.2, 0.25) is 0 Å². The Morgan fingerprint density at radius 3 is 2.00 bits per heavy atom. The second kappa shape index (κ2) is 11.2. The summed E-state index contributed by atoms with van der Waals surface area (Å²) < 4.78 is 1.86. The fourth-order valence-electron chi connectivity index (χ4n) is 2.02. The van der Waals surface area contributed by atoms with Crippen molar-refractivity contribution < 1.29 is 0 Å². The molecule has 3 nitrogen and oxygen atoms in total. The van der Waals surface area contributed by atoms with Gasteiger partial charge in [0.25, 0.3) is 0 Å². The van der Waals surface area contributed by atoms with Gasteiger partial charge in [0.15, 0.2) is 0 Å². The van der Waals surface area contributed by atoms with Crippen molar-refractivity contribution in [2.45, 2.75) is 47.1 Å². The zero-order valence-electron chi connectivity index (χ0n) is 15.5. The summed E-state index contributed by atoms with van der Waals surface area (Å²) in [7, 11) is 0. The van der Waals surface area contributed by atoms with E-state index in [1.807, 2.05) is 30.8 Å². The summed E-state index contributed by atoms with van der Waals surface area (Å²) in [6.45, 7) is 10.4. The highest BCUT2D eigenvalue weighted by Crippen LogP contribution is 2.18. The maximum Gasteiger partial charge on any atom is 0.0693 e. The van der Waals surface area contributed by atoms with E-state index in [1.165, 1.54) is 16.7 Å². The van der Waals surface area contributed by atoms with E-state index in [-0.39, 0.29) is 0 Å². The molecule has 2 aromatic carbocycles. The number of aromatic nitrogens is 3. The van der Waals surface area contributed by atoms with Crippen LogP contribution in [0.25, 0.3) is 11.1 Å². The molecule has 24 heavy (non-hydrogen) atoms. The number of hydrogen-bond acceptors (Lipinski definition) is 2. The van der Waals surface area contributed by atoms with E-state index in [9.17, 15) is 0 Å². The van der Waals surface area contributed by atoms with Crippen LogP contribution >= 0.6 is 0 Å². The Bertz CT molecular complexity index is 643. The van der Waals surface area contributed by atoms with Crippen molar-refractivity contribution in [3.63, 3.8) is 0 Å². The summed E-state index contributed by atoms with van der Waals surface area (Å²) in [6.07, 6.45) is 4.68. The minimum Gasteiger partial charge on any atom is -0.250 e. The van der Waals surface area contributed by atoms with Crippen molar-refractivity contribution in [2.24, 2.45) is 0 Å². The molecule has 0 aliphatic rings. The third-order valence-electron chi connectivity index (χ3n) is 3.64. The molecule has 128 valence electrons. The molecule has 0 radical (unpaired) electrons. The van der Waals surface area contributed by atoms with Gasteiger partial charge in [-0.25, -0.2) is 4.68 Å². The molecule has 0 N–H and O–H groups in total. The number of benzene rings is 2. The molecule has 0 saturated heterocycles. The Balaban J connectivity index is 0.000000230. The second-order valence-corrected chi connectivity index (χ2v) is 5.37. The standard InChI is InChI=1S/C13H12.C6H11N3.C2H6/c1-11-7-9-13(10-8-11)12-5-3-2-4-6-12;1-3-6(2)9-5-4-7-8-9;1-2/h2-10H,1H3;4-6H,3H2,1-2H3;1-2H3. The summed E-state index contributed by atoms with van der Waals surface area (Å²) in [6, 6.07) is 19.5. The molecule has 0 saturated carbocycles. The molecule has 3 rings (SSSR count). The van der Waals surface area contributed by atoms with Gasteiger partial charge in [-0.3, -0.25) is 0 Å². The van der Waals surface area contributed by atoms with Crippen LogP contribution in [0.5, 0.6) is 0 Å². The van der Waals surface area contributed by atoms with E-state index in [4.69, 9.17) is 0 Å². The normalized spacial score (nSPS) is 10.7. The molecule has 3 aromatic rings. The maximum absolute atomic E-state index is 3.85. The van der Waals surface area contributed by atoms with Crippen LogP contribution < -0.4 is 0 Å². The molecule has 0 fully saturated rings. The molecular weight excluding hydrogens is 294 g/mol. The van der Waals surface area contributed by atoms with Crippen molar-refractivity contribution in [3.05, 3.63) is 72.6 Å². The summed E-state index contributed by atoms with van der Waals surface area (Å²) in [5, 5.41) is 7.56. The van der Waals surface area contributed by atoms with E-state index in [1.54, 1.807) is 6.20 Å². The first-order chi connectivity index (χ1) is 11.7. The van der Waals surface area contributed by atoms with Crippen molar-refractivity contribution in [1.82, 2.24) is 15.0 Å². The van der Waals surface area contributed by atoms with Crippen LogP contribution in [-0.4, -0.2) is 15.0 Å². The molecule has 0 amide bonds. The Morgan fingerprint density at radius 2 is 1.50 bits per heavy atom. The zero-order chi connectivity index (χ0) is 17.8. The van der Waals surface area contributed by atoms with E-state index in [0.29, 0.717) is 6.04 Å². The lowest BCUT2D eigenvalue weighted by Gasteiger charge is -2.05. The third kappa shape index (κ3) is 6.37. The number of rotatable bonds is 3. The SMILES string of the molecule is CC.CCC(C)n1ccnn1.Cc1ccc(-c2ccccc2)cc1. The fourth-order valence-corrected chi connectivity index (χ4v) is 2.02. The van der Waals surface area contributed by atoms with Gasteiger partial charge in [-0.2, -0.15) is 0 Å². The summed E-state index contributed by atoms with van der Waals surface area (Å²) in [5.41, 5.74) is 3.87. The third-order valence-corrected chi connectivity index (χ3v) is 3.64. The van der Waals surface area contributed by atoms with E-state index >= 15 is 0 Å². The highest BCUT2D eigenvalue weighted by molar-refractivity contribution is 5.63. The van der Waals surface area contributed by atoms with Crippen LogP contribution in [0.1, 0.15) is 45.7 Å².